The van der Waals surface area contributed by atoms with Crippen molar-refractivity contribution in [3.05, 3.63) is 52.7 Å². The van der Waals surface area contributed by atoms with Gasteiger partial charge in [0.25, 0.3) is 0 Å². The Morgan fingerprint density at radius 2 is 2.17 bits per heavy atom. The van der Waals surface area contributed by atoms with Crippen LogP contribution in [0.25, 0.3) is 6.08 Å². The zero-order valence-corrected chi connectivity index (χ0v) is 14.6. The van der Waals surface area contributed by atoms with E-state index in [1.165, 1.54) is 13.2 Å². The van der Waals surface area contributed by atoms with Crippen LogP contribution >= 0.6 is 11.6 Å². The lowest BCUT2D eigenvalue weighted by molar-refractivity contribution is -0.111. The second-order valence-electron chi connectivity index (χ2n) is 5.01. The summed E-state index contributed by atoms with van der Waals surface area (Å²) >= 11 is 6.18. The molecule has 0 bridgehead atoms. The minimum absolute atomic E-state index is 0.280. The number of carbonyl (C=O) groups is 1. The number of hydrogen-bond acceptors (Lipinski definition) is 4. The second kappa shape index (κ2) is 8.36. The molecule has 6 heteroatoms. The number of halogens is 1. The maximum atomic E-state index is 12.0. The van der Waals surface area contributed by atoms with Crippen molar-refractivity contribution in [1.29, 1.82) is 0 Å². The Morgan fingerprint density at radius 3 is 2.83 bits per heavy atom. The fourth-order valence-corrected chi connectivity index (χ4v) is 2.39. The summed E-state index contributed by atoms with van der Waals surface area (Å²) in [4.78, 5) is 16.1. The fourth-order valence-electron chi connectivity index (χ4n) is 2.09. The van der Waals surface area contributed by atoms with Crippen molar-refractivity contribution in [3.63, 3.8) is 0 Å². The minimum Gasteiger partial charge on any atom is -0.491 e. The van der Waals surface area contributed by atoms with Crippen molar-refractivity contribution in [1.82, 2.24) is 4.98 Å². The first-order valence-corrected chi connectivity index (χ1v) is 7.83. The molecule has 0 aliphatic rings. The highest BCUT2D eigenvalue weighted by molar-refractivity contribution is 6.32. The summed E-state index contributed by atoms with van der Waals surface area (Å²) in [6.07, 6.45) is 4.71. The number of ether oxygens (including phenoxy) is 2. The van der Waals surface area contributed by atoms with E-state index in [1.807, 2.05) is 19.9 Å². The van der Waals surface area contributed by atoms with E-state index in [0.29, 0.717) is 28.9 Å². The Hall–Kier alpha value is -2.53. The van der Waals surface area contributed by atoms with Gasteiger partial charge in [0.05, 0.1) is 18.7 Å². The lowest BCUT2D eigenvalue weighted by Gasteiger charge is -2.11. The van der Waals surface area contributed by atoms with Gasteiger partial charge in [-0.3, -0.25) is 4.79 Å². The average molecular weight is 347 g/mol. The van der Waals surface area contributed by atoms with Gasteiger partial charge < -0.3 is 14.8 Å². The number of nitrogens with one attached hydrogen (secondary N) is 1. The topological polar surface area (TPSA) is 60.5 Å². The van der Waals surface area contributed by atoms with E-state index in [1.54, 1.807) is 30.5 Å². The molecule has 0 unspecified atom stereocenters. The Balaban J connectivity index is 2.14. The average Bonchev–Trinajstić information content (AvgIpc) is 2.53. The molecule has 5 nitrogen and oxygen atoms in total. The third-order valence-electron chi connectivity index (χ3n) is 3.13. The van der Waals surface area contributed by atoms with Gasteiger partial charge in [0, 0.05) is 12.3 Å². The number of rotatable bonds is 6. The van der Waals surface area contributed by atoms with Crippen molar-refractivity contribution in [2.75, 3.05) is 19.0 Å². The predicted molar refractivity (Wildman–Crippen MR) is 95.8 cm³/mol. The highest BCUT2D eigenvalue weighted by atomic mass is 35.5. The summed E-state index contributed by atoms with van der Waals surface area (Å²) < 4.78 is 10.7. The summed E-state index contributed by atoms with van der Waals surface area (Å²) in [5.74, 6) is 1.24. The lowest BCUT2D eigenvalue weighted by atomic mass is 10.2. The van der Waals surface area contributed by atoms with E-state index in [2.05, 4.69) is 10.3 Å². The summed E-state index contributed by atoms with van der Waals surface area (Å²) in [5.41, 5.74) is 1.75. The number of carbonyl (C=O) groups excluding carboxylic acids is 1. The third kappa shape index (κ3) is 4.73. The van der Waals surface area contributed by atoms with Crippen LogP contribution in [0.3, 0.4) is 0 Å². The van der Waals surface area contributed by atoms with Crippen LogP contribution in [0.4, 0.5) is 5.82 Å². The Morgan fingerprint density at radius 1 is 1.38 bits per heavy atom. The normalized spacial score (nSPS) is 10.7. The molecule has 0 aliphatic heterocycles. The molecule has 2 rings (SSSR count). The molecule has 0 radical (unpaired) electrons. The smallest absolute Gasteiger partial charge is 0.249 e. The van der Waals surface area contributed by atoms with Gasteiger partial charge in [0.2, 0.25) is 5.91 Å². The van der Waals surface area contributed by atoms with E-state index in [0.717, 1.165) is 11.1 Å². The van der Waals surface area contributed by atoms with Crippen LogP contribution in [0.5, 0.6) is 11.5 Å². The summed E-state index contributed by atoms with van der Waals surface area (Å²) in [7, 11) is 1.53. The van der Waals surface area contributed by atoms with Crippen LogP contribution < -0.4 is 14.8 Å². The molecular formula is C18H19ClN2O3. The maximum absolute atomic E-state index is 12.0. The molecule has 0 saturated heterocycles. The first kappa shape index (κ1) is 17.8. The Bertz CT molecular complexity index is 760. The second-order valence-corrected chi connectivity index (χ2v) is 5.42. The van der Waals surface area contributed by atoms with Gasteiger partial charge in [0.15, 0.2) is 11.5 Å². The van der Waals surface area contributed by atoms with E-state index < -0.39 is 0 Å². The molecule has 0 aliphatic carbocycles. The molecule has 0 atom stereocenters. The quantitative estimate of drug-likeness (QED) is 0.800. The highest BCUT2D eigenvalue weighted by Crippen LogP contribution is 2.36. The number of hydrogen-bond donors (Lipinski definition) is 1. The SMILES string of the molecule is CCOc1cc(/C=C/C(=O)Nc2cc(C)ccn2)cc(Cl)c1OC. The molecule has 1 aromatic carbocycles. The molecule has 1 N–H and O–H groups in total. The maximum Gasteiger partial charge on any atom is 0.249 e. The van der Waals surface area contributed by atoms with Crippen molar-refractivity contribution < 1.29 is 14.3 Å². The number of nitrogens with zero attached hydrogens (tertiary/aromatic N) is 1. The van der Waals surface area contributed by atoms with Gasteiger partial charge in [-0.1, -0.05) is 11.6 Å². The largest absolute Gasteiger partial charge is 0.491 e. The molecule has 126 valence electrons. The number of methoxy groups -OCH3 is 1. The fraction of sp³-hybridized carbons (Fsp3) is 0.222. The molecule has 1 heterocycles. The summed E-state index contributed by atoms with van der Waals surface area (Å²) in [6, 6.07) is 7.13. The van der Waals surface area contributed by atoms with Crippen LogP contribution in [-0.2, 0) is 4.79 Å². The molecule has 0 saturated carbocycles. The molecule has 2 aromatic rings. The van der Waals surface area contributed by atoms with Crippen molar-refractivity contribution in [3.8, 4) is 11.5 Å². The van der Waals surface area contributed by atoms with Crippen LogP contribution in [0.2, 0.25) is 5.02 Å². The van der Waals surface area contributed by atoms with Gasteiger partial charge in [-0.25, -0.2) is 4.98 Å². The van der Waals surface area contributed by atoms with E-state index in [4.69, 9.17) is 21.1 Å². The number of amides is 1. The van der Waals surface area contributed by atoms with Gasteiger partial charge >= 0.3 is 0 Å². The third-order valence-corrected chi connectivity index (χ3v) is 3.41. The number of pyridine rings is 1. The van der Waals surface area contributed by atoms with E-state index in [9.17, 15) is 4.79 Å². The van der Waals surface area contributed by atoms with Gasteiger partial charge in [-0.05, 0) is 55.3 Å². The zero-order valence-electron chi connectivity index (χ0n) is 13.8. The molecule has 1 aromatic heterocycles. The molecule has 0 spiro atoms. The molecular weight excluding hydrogens is 328 g/mol. The van der Waals surface area contributed by atoms with Crippen LogP contribution in [-0.4, -0.2) is 24.6 Å². The standard InChI is InChI=1S/C18H19ClN2O3/c1-4-24-15-11-13(10-14(19)18(15)23-3)5-6-17(22)21-16-9-12(2)7-8-20-16/h5-11H,4H2,1-3H3,(H,20,21,22)/b6-5+. The van der Waals surface area contributed by atoms with E-state index in [-0.39, 0.29) is 5.91 Å². The van der Waals surface area contributed by atoms with Crippen LogP contribution in [0, 0.1) is 6.92 Å². The van der Waals surface area contributed by atoms with Crippen LogP contribution in [0.15, 0.2) is 36.5 Å². The number of anilines is 1. The van der Waals surface area contributed by atoms with Crippen molar-refractivity contribution in [2.24, 2.45) is 0 Å². The highest BCUT2D eigenvalue weighted by Gasteiger charge is 2.10. The molecule has 1 amide bonds. The monoisotopic (exact) mass is 346 g/mol. The van der Waals surface area contributed by atoms with Gasteiger partial charge in [0.1, 0.15) is 5.82 Å². The number of aryl methyl sites for hydroxylation is 1. The van der Waals surface area contributed by atoms with Gasteiger partial charge in [-0.15, -0.1) is 0 Å². The van der Waals surface area contributed by atoms with E-state index >= 15 is 0 Å². The van der Waals surface area contributed by atoms with Crippen molar-refractivity contribution in [2.45, 2.75) is 13.8 Å². The zero-order chi connectivity index (χ0) is 17.5. The predicted octanol–water partition coefficient (Wildman–Crippen LogP) is 4.10. The molecule has 24 heavy (non-hydrogen) atoms. The van der Waals surface area contributed by atoms with Gasteiger partial charge in [-0.2, -0.15) is 0 Å². The Kier molecular flexibility index (Phi) is 6.21. The Labute approximate surface area is 146 Å². The number of aromatic nitrogens is 1. The summed E-state index contributed by atoms with van der Waals surface area (Å²) in [5, 5.41) is 3.12. The first-order chi connectivity index (χ1) is 11.5. The lowest BCUT2D eigenvalue weighted by Crippen LogP contribution is -2.09. The minimum atomic E-state index is -0.280. The number of benzene rings is 1. The molecule has 0 fully saturated rings. The summed E-state index contributed by atoms with van der Waals surface area (Å²) in [6.45, 7) is 4.29. The van der Waals surface area contributed by atoms with Crippen molar-refractivity contribution >= 4 is 29.4 Å². The van der Waals surface area contributed by atoms with Crippen LogP contribution in [0.1, 0.15) is 18.1 Å². The first-order valence-electron chi connectivity index (χ1n) is 7.45.